The zero-order chi connectivity index (χ0) is 28.1. The van der Waals surface area contributed by atoms with Crippen LogP contribution in [-0.2, 0) is 10.0 Å². The molecular formula is C31H41N5O3S. The number of aromatic nitrogens is 2. The van der Waals surface area contributed by atoms with Crippen LogP contribution in [0.5, 0.6) is 0 Å². The second-order valence-electron chi connectivity index (χ2n) is 11.2. The maximum atomic E-state index is 13.6. The second-order valence-corrected chi connectivity index (χ2v) is 13.2. The molecule has 2 aliphatic rings. The zero-order valence-electron chi connectivity index (χ0n) is 23.7. The Balaban J connectivity index is 1.41. The Morgan fingerprint density at radius 1 is 1.02 bits per heavy atom. The summed E-state index contributed by atoms with van der Waals surface area (Å²) in [7, 11) is -3.67. The third kappa shape index (κ3) is 6.37. The van der Waals surface area contributed by atoms with Crippen LogP contribution in [0.15, 0.2) is 53.6 Å². The summed E-state index contributed by atoms with van der Waals surface area (Å²) in [4.78, 5) is 25.5. The van der Waals surface area contributed by atoms with Crippen LogP contribution in [0, 0.1) is 5.92 Å². The van der Waals surface area contributed by atoms with E-state index < -0.39 is 10.0 Å². The molecule has 0 bridgehead atoms. The minimum atomic E-state index is -3.67. The van der Waals surface area contributed by atoms with Crippen LogP contribution >= 0.6 is 0 Å². The number of hydrogen-bond acceptors (Lipinski definition) is 6. The molecule has 2 saturated heterocycles. The van der Waals surface area contributed by atoms with Gasteiger partial charge in [0.05, 0.1) is 27.4 Å². The van der Waals surface area contributed by atoms with Gasteiger partial charge in [0.2, 0.25) is 10.0 Å². The van der Waals surface area contributed by atoms with Crippen LogP contribution in [0.4, 0.5) is 0 Å². The van der Waals surface area contributed by atoms with Gasteiger partial charge in [-0.2, -0.15) is 4.31 Å². The Kier molecular flexibility index (Phi) is 9.13. The van der Waals surface area contributed by atoms with Crippen molar-refractivity contribution in [2.24, 2.45) is 5.92 Å². The number of nitrogens with one attached hydrogen (secondary N) is 1. The van der Waals surface area contributed by atoms with E-state index in [1.807, 2.05) is 18.2 Å². The van der Waals surface area contributed by atoms with Crippen LogP contribution in [0.25, 0.3) is 22.3 Å². The van der Waals surface area contributed by atoms with Gasteiger partial charge in [-0.15, -0.1) is 0 Å². The number of piperidine rings is 2. The minimum Gasteiger partial charge on any atom is -0.352 e. The Bertz CT molecular complexity index is 1420. The predicted molar refractivity (Wildman–Crippen MR) is 159 cm³/mol. The molecule has 0 aliphatic carbocycles. The molecule has 214 valence electrons. The zero-order valence-corrected chi connectivity index (χ0v) is 24.5. The molecule has 4 heterocycles. The van der Waals surface area contributed by atoms with E-state index in [9.17, 15) is 13.2 Å². The van der Waals surface area contributed by atoms with E-state index in [0.717, 1.165) is 38.8 Å². The van der Waals surface area contributed by atoms with Crippen LogP contribution in [0.1, 0.15) is 69.2 Å². The monoisotopic (exact) mass is 563 g/mol. The van der Waals surface area contributed by atoms with Gasteiger partial charge in [0.15, 0.2) is 0 Å². The number of carbonyl (C=O) groups is 1. The lowest BCUT2D eigenvalue weighted by molar-refractivity contribution is 0.0949. The lowest BCUT2D eigenvalue weighted by Crippen LogP contribution is -2.40. The van der Waals surface area contributed by atoms with Gasteiger partial charge < -0.3 is 10.2 Å². The van der Waals surface area contributed by atoms with Gasteiger partial charge in [-0.3, -0.25) is 9.78 Å². The molecule has 0 spiro atoms. The van der Waals surface area contributed by atoms with Gasteiger partial charge in [-0.1, -0.05) is 26.3 Å². The van der Waals surface area contributed by atoms with Gasteiger partial charge in [-0.25, -0.2) is 13.4 Å². The molecule has 1 atom stereocenters. The Labute approximate surface area is 238 Å². The lowest BCUT2D eigenvalue weighted by atomic mass is 10.00. The third-order valence-electron chi connectivity index (χ3n) is 8.46. The molecule has 2 fully saturated rings. The molecule has 0 unspecified atom stereocenters. The van der Waals surface area contributed by atoms with E-state index in [-0.39, 0.29) is 10.8 Å². The number of sulfonamides is 1. The fourth-order valence-electron chi connectivity index (χ4n) is 5.97. The van der Waals surface area contributed by atoms with Gasteiger partial charge in [0.1, 0.15) is 0 Å². The maximum Gasteiger partial charge on any atom is 0.252 e. The Morgan fingerprint density at radius 3 is 2.60 bits per heavy atom. The summed E-state index contributed by atoms with van der Waals surface area (Å²) >= 11 is 0. The van der Waals surface area contributed by atoms with E-state index >= 15 is 0 Å². The summed E-state index contributed by atoms with van der Waals surface area (Å²) in [6.07, 6.45) is 9.22. The van der Waals surface area contributed by atoms with Gasteiger partial charge in [0.25, 0.3) is 5.91 Å². The average Bonchev–Trinajstić information content (AvgIpc) is 2.99. The highest BCUT2D eigenvalue weighted by Crippen LogP contribution is 2.29. The van der Waals surface area contributed by atoms with E-state index in [4.69, 9.17) is 4.98 Å². The number of rotatable bonds is 9. The fraction of sp³-hybridized carbons (Fsp3) is 0.516. The maximum absolute atomic E-state index is 13.6. The topological polar surface area (TPSA) is 95.5 Å². The molecule has 3 aromatic rings. The van der Waals surface area contributed by atoms with E-state index in [2.05, 4.69) is 29.0 Å². The molecule has 0 saturated carbocycles. The van der Waals surface area contributed by atoms with Crippen molar-refractivity contribution in [1.82, 2.24) is 24.5 Å². The van der Waals surface area contributed by atoms with Crippen LogP contribution in [0.2, 0.25) is 0 Å². The highest BCUT2D eigenvalue weighted by molar-refractivity contribution is 7.89. The van der Waals surface area contributed by atoms with E-state index in [1.165, 1.54) is 19.3 Å². The van der Waals surface area contributed by atoms with Crippen molar-refractivity contribution in [3.8, 4) is 11.4 Å². The number of nitrogens with zero attached hydrogens (tertiary/aromatic N) is 4. The molecule has 0 radical (unpaired) electrons. The molecular weight excluding hydrogens is 522 g/mol. The first-order chi connectivity index (χ1) is 19.4. The first-order valence-electron chi connectivity index (χ1n) is 14.8. The first-order valence-corrected chi connectivity index (χ1v) is 16.2. The quantitative estimate of drug-likeness (QED) is 0.364. The van der Waals surface area contributed by atoms with E-state index in [0.29, 0.717) is 59.4 Å². The summed E-state index contributed by atoms with van der Waals surface area (Å²) in [5.74, 6) is 0.298. The van der Waals surface area contributed by atoms with Crippen molar-refractivity contribution in [2.45, 2.75) is 69.7 Å². The molecule has 9 heteroatoms. The number of fused-ring (bicyclic) bond motifs is 1. The van der Waals surface area contributed by atoms with Crippen molar-refractivity contribution >= 4 is 26.8 Å². The van der Waals surface area contributed by atoms with Crippen LogP contribution < -0.4 is 5.32 Å². The number of benzene rings is 1. The fourth-order valence-corrected chi connectivity index (χ4v) is 7.47. The molecule has 2 aliphatic heterocycles. The number of hydrogen-bond donors (Lipinski definition) is 1. The standard InChI is InChI=1S/C31H41N5O3S/c1-3-24-9-5-7-17-35(24)18-8-16-33-31(37)27-22-30(29-10-4-6-15-32-29)34-28-12-11-25(21-26(27)28)40(38,39)36-19-13-23(2)14-20-36/h4,6,10-12,15,21-24H,3,5,7-9,13-14,16-20H2,1-2H3,(H,33,37)/t24-/m1/s1. The van der Waals surface area contributed by atoms with Crippen molar-refractivity contribution < 1.29 is 13.2 Å². The SMILES string of the molecule is CC[C@@H]1CCCCN1CCCNC(=O)c1cc(-c2ccccn2)nc2ccc(S(=O)(=O)N3CCC(C)CC3)cc12. The highest BCUT2D eigenvalue weighted by atomic mass is 32.2. The molecule has 1 amide bonds. The summed E-state index contributed by atoms with van der Waals surface area (Å²) in [5.41, 5.74) is 2.23. The second kappa shape index (κ2) is 12.7. The molecule has 2 aromatic heterocycles. The molecule has 1 aromatic carbocycles. The summed E-state index contributed by atoms with van der Waals surface area (Å²) in [6.45, 7) is 8.08. The molecule has 8 nitrogen and oxygen atoms in total. The largest absolute Gasteiger partial charge is 0.352 e. The van der Waals surface area contributed by atoms with Crippen molar-refractivity contribution in [1.29, 1.82) is 0 Å². The van der Waals surface area contributed by atoms with Crippen molar-refractivity contribution in [3.05, 3.63) is 54.2 Å². The van der Waals surface area contributed by atoms with Crippen molar-refractivity contribution in [3.63, 3.8) is 0 Å². The number of carbonyl (C=O) groups excluding carboxylic acids is 1. The normalized spacial score (nSPS) is 19.6. The Hall–Kier alpha value is -2.88. The highest BCUT2D eigenvalue weighted by Gasteiger charge is 2.29. The number of amides is 1. The lowest BCUT2D eigenvalue weighted by Gasteiger charge is -2.35. The summed E-state index contributed by atoms with van der Waals surface area (Å²) in [6, 6.07) is 12.9. The molecule has 5 rings (SSSR count). The number of pyridine rings is 2. The molecule has 40 heavy (non-hydrogen) atoms. The first kappa shape index (κ1) is 28.6. The summed E-state index contributed by atoms with van der Waals surface area (Å²) in [5, 5.41) is 3.63. The smallest absolute Gasteiger partial charge is 0.252 e. The Morgan fingerprint density at radius 2 is 1.85 bits per heavy atom. The van der Waals surface area contributed by atoms with Crippen LogP contribution in [0.3, 0.4) is 0 Å². The van der Waals surface area contributed by atoms with Gasteiger partial charge in [0, 0.05) is 43.8 Å². The van der Waals surface area contributed by atoms with Gasteiger partial charge >= 0.3 is 0 Å². The predicted octanol–water partition coefficient (Wildman–Crippen LogP) is 5.10. The van der Waals surface area contributed by atoms with Crippen LogP contribution in [-0.4, -0.2) is 72.3 Å². The van der Waals surface area contributed by atoms with Crippen molar-refractivity contribution in [2.75, 3.05) is 32.7 Å². The third-order valence-corrected chi connectivity index (χ3v) is 10.4. The van der Waals surface area contributed by atoms with Gasteiger partial charge in [-0.05, 0) is 87.4 Å². The minimum absolute atomic E-state index is 0.201. The van der Waals surface area contributed by atoms with E-state index in [1.54, 1.807) is 34.8 Å². The molecule has 1 N–H and O–H groups in total. The summed E-state index contributed by atoms with van der Waals surface area (Å²) < 4.78 is 28.6. The number of likely N-dealkylation sites (tertiary alicyclic amines) is 1. The average molecular weight is 564 g/mol.